The highest BCUT2D eigenvalue weighted by Gasteiger charge is 2.33. The molecule has 37 heavy (non-hydrogen) atoms. The maximum Gasteiger partial charge on any atom is 0.418 e. The fraction of sp³-hybridized carbons (Fsp3) is 0.536. The van der Waals surface area contributed by atoms with Crippen molar-refractivity contribution >= 4 is 23.0 Å². The Kier molecular flexibility index (Phi) is 8.21. The summed E-state index contributed by atoms with van der Waals surface area (Å²) in [6, 6.07) is 8.39. The Morgan fingerprint density at radius 1 is 1.00 bits per heavy atom. The smallest absolute Gasteiger partial charge is 0.398 e. The first kappa shape index (κ1) is 27.1. The molecule has 6 nitrogen and oxygen atoms in total. The topological polar surface area (TPSA) is 70.8 Å². The molecule has 2 aliphatic rings. The second-order valence-corrected chi connectivity index (χ2v) is 10.3. The SMILES string of the molecule is Cc1cc(C)c(N2CCN(C(=O)COC3CCC(Nc4ccc(N)c(C(F)(F)F)c4)CC3)CC2)c(C)c1. The average molecular weight is 519 g/mol. The molecular weight excluding hydrogens is 481 g/mol. The Balaban J connectivity index is 1.20. The number of hydrogen-bond donors (Lipinski definition) is 2. The number of alkyl halides is 3. The summed E-state index contributed by atoms with van der Waals surface area (Å²) >= 11 is 0. The van der Waals surface area contributed by atoms with Crippen molar-refractivity contribution in [3.63, 3.8) is 0 Å². The van der Waals surface area contributed by atoms with Crippen LogP contribution in [0.4, 0.5) is 30.2 Å². The summed E-state index contributed by atoms with van der Waals surface area (Å²) in [5.74, 6) is 0.0128. The van der Waals surface area contributed by atoms with Gasteiger partial charge in [-0.15, -0.1) is 0 Å². The minimum Gasteiger partial charge on any atom is -0.398 e. The number of anilines is 3. The Morgan fingerprint density at radius 3 is 2.22 bits per heavy atom. The van der Waals surface area contributed by atoms with Crippen molar-refractivity contribution in [2.24, 2.45) is 0 Å². The lowest BCUT2D eigenvalue weighted by Gasteiger charge is -2.38. The number of carbonyl (C=O) groups is 1. The van der Waals surface area contributed by atoms with Crippen LogP contribution in [0.25, 0.3) is 0 Å². The quantitative estimate of drug-likeness (QED) is 0.508. The molecule has 1 saturated heterocycles. The van der Waals surface area contributed by atoms with Gasteiger partial charge in [0.05, 0.1) is 11.7 Å². The van der Waals surface area contributed by atoms with Crippen molar-refractivity contribution in [3.05, 3.63) is 52.6 Å². The zero-order valence-electron chi connectivity index (χ0n) is 21.8. The van der Waals surface area contributed by atoms with Crippen molar-refractivity contribution in [1.82, 2.24) is 4.90 Å². The Bertz CT molecular complexity index is 1080. The third kappa shape index (κ3) is 6.69. The Hall–Kier alpha value is -2.94. The van der Waals surface area contributed by atoms with E-state index in [1.165, 1.54) is 28.4 Å². The van der Waals surface area contributed by atoms with Gasteiger partial charge in [0.1, 0.15) is 6.61 Å². The van der Waals surface area contributed by atoms with Crippen LogP contribution in [0.1, 0.15) is 47.9 Å². The lowest BCUT2D eigenvalue weighted by Crippen LogP contribution is -2.50. The summed E-state index contributed by atoms with van der Waals surface area (Å²) in [6.45, 7) is 9.40. The minimum absolute atomic E-state index is 0.0128. The Morgan fingerprint density at radius 2 is 1.62 bits per heavy atom. The van der Waals surface area contributed by atoms with Crippen LogP contribution in [0.15, 0.2) is 30.3 Å². The summed E-state index contributed by atoms with van der Waals surface area (Å²) in [6.07, 6.45) is -1.46. The molecule has 0 unspecified atom stereocenters. The number of rotatable bonds is 6. The van der Waals surface area contributed by atoms with Gasteiger partial charge in [-0.2, -0.15) is 13.2 Å². The third-order valence-electron chi connectivity index (χ3n) is 7.43. The van der Waals surface area contributed by atoms with Crippen molar-refractivity contribution in [2.75, 3.05) is 48.7 Å². The van der Waals surface area contributed by atoms with Crippen molar-refractivity contribution in [3.8, 4) is 0 Å². The van der Waals surface area contributed by atoms with E-state index in [1.807, 2.05) is 4.90 Å². The molecular formula is C28H37F3N4O2. The maximum atomic E-state index is 13.1. The van der Waals surface area contributed by atoms with E-state index in [4.69, 9.17) is 10.5 Å². The van der Waals surface area contributed by atoms with Gasteiger partial charge >= 0.3 is 6.18 Å². The highest BCUT2D eigenvalue weighted by atomic mass is 19.4. The van der Waals surface area contributed by atoms with Crippen LogP contribution in [0.5, 0.6) is 0 Å². The highest BCUT2D eigenvalue weighted by molar-refractivity contribution is 5.78. The molecule has 1 saturated carbocycles. The molecule has 202 valence electrons. The van der Waals surface area contributed by atoms with Gasteiger partial charge < -0.3 is 25.6 Å². The first-order valence-corrected chi connectivity index (χ1v) is 13.0. The number of nitrogens with zero attached hydrogens (tertiary/aromatic N) is 2. The number of nitrogens with one attached hydrogen (secondary N) is 1. The van der Waals surface area contributed by atoms with Gasteiger partial charge in [0.25, 0.3) is 0 Å². The fourth-order valence-electron chi connectivity index (χ4n) is 5.63. The van der Waals surface area contributed by atoms with Gasteiger partial charge in [-0.3, -0.25) is 4.79 Å². The number of nitrogen functional groups attached to an aromatic ring is 1. The predicted octanol–water partition coefficient (Wildman–Crippen LogP) is 5.30. The molecule has 2 aromatic rings. The summed E-state index contributed by atoms with van der Waals surface area (Å²) < 4.78 is 45.3. The van der Waals surface area contributed by atoms with Crippen molar-refractivity contribution in [2.45, 2.75) is 64.8 Å². The molecule has 0 spiro atoms. The predicted molar refractivity (Wildman–Crippen MR) is 141 cm³/mol. The van der Waals surface area contributed by atoms with Crippen LogP contribution in [0.3, 0.4) is 0 Å². The molecule has 0 bridgehead atoms. The van der Waals surface area contributed by atoms with Crippen molar-refractivity contribution < 1.29 is 22.7 Å². The second kappa shape index (κ2) is 11.2. The average Bonchev–Trinajstić information content (AvgIpc) is 2.84. The number of halogens is 3. The lowest BCUT2D eigenvalue weighted by atomic mass is 9.92. The number of hydrogen-bond acceptors (Lipinski definition) is 5. The standard InChI is InChI=1S/C28H37F3N4O2/c1-18-14-19(2)27(20(3)15-18)35-12-10-34(11-13-35)26(36)17-37-23-7-4-21(5-8-23)33-22-6-9-25(32)24(16-22)28(29,30)31/h6,9,14-16,21,23,33H,4-5,7-8,10-13,17,32H2,1-3H3. The van der Waals surface area contributed by atoms with Crippen molar-refractivity contribution in [1.29, 1.82) is 0 Å². The van der Waals surface area contributed by atoms with Crippen LogP contribution < -0.4 is 16.0 Å². The van der Waals surface area contributed by atoms with Gasteiger partial charge in [0.2, 0.25) is 5.91 Å². The largest absolute Gasteiger partial charge is 0.418 e. The molecule has 0 atom stereocenters. The fourth-order valence-corrected chi connectivity index (χ4v) is 5.63. The van der Waals surface area contributed by atoms with Gasteiger partial charge in [0.15, 0.2) is 0 Å². The van der Waals surface area contributed by atoms with E-state index in [9.17, 15) is 18.0 Å². The normalized spacial score (nSPS) is 20.7. The molecule has 1 amide bonds. The highest BCUT2D eigenvalue weighted by Crippen LogP contribution is 2.36. The Labute approximate surface area is 216 Å². The van der Waals surface area contributed by atoms with E-state index in [1.54, 1.807) is 6.07 Å². The number of amides is 1. The molecule has 1 aliphatic carbocycles. The van der Waals surface area contributed by atoms with Gasteiger partial charge in [0, 0.05) is 49.3 Å². The zero-order chi connectivity index (χ0) is 26.7. The molecule has 2 aromatic carbocycles. The van der Waals surface area contributed by atoms with E-state index < -0.39 is 11.7 Å². The number of benzene rings is 2. The second-order valence-electron chi connectivity index (χ2n) is 10.3. The van der Waals surface area contributed by atoms with Gasteiger partial charge in [-0.1, -0.05) is 17.7 Å². The summed E-state index contributed by atoms with van der Waals surface area (Å²) in [7, 11) is 0. The van der Waals surface area contributed by atoms with E-state index in [-0.39, 0.29) is 30.3 Å². The van der Waals surface area contributed by atoms with Crippen LogP contribution in [0.2, 0.25) is 0 Å². The molecule has 9 heteroatoms. The molecule has 2 fully saturated rings. The zero-order valence-corrected chi connectivity index (χ0v) is 21.8. The first-order chi connectivity index (χ1) is 17.5. The summed E-state index contributed by atoms with van der Waals surface area (Å²) in [4.78, 5) is 17.0. The molecule has 3 N–H and O–H groups in total. The monoisotopic (exact) mass is 518 g/mol. The number of ether oxygens (including phenoxy) is 1. The van der Waals surface area contributed by atoms with Gasteiger partial charge in [-0.25, -0.2) is 0 Å². The van der Waals surface area contributed by atoms with E-state index in [0.717, 1.165) is 44.8 Å². The van der Waals surface area contributed by atoms with Crippen LogP contribution >= 0.6 is 0 Å². The third-order valence-corrected chi connectivity index (χ3v) is 7.43. The van der Waals surface area contributed by atoms with Crippen LogP contribution in [-0.2, 0) is 15.7 Å². The molecule has 1 aliphatic heterocycles. The van der Waals surface area contributed by atoms with E-state index in [0.29, 0.717) is 18.8 Å². The maximum absolute atomic E-state index is 13.1. The number of carbonyl (C=O) groups excluding carboxylic acids is 1. The molecule has 4 rings (SSSR count). The molecule has 1 heterocycles. The first-order valence-electron chi connectivity index (χ1n) is 13.0. The molecule has 0 radical (unpaired) electrons. The van der Waals surface area contributed by atoms with Crippen LogP contribution in [-0.4, -0.2) is 55.7 Å². The van der Waals surface area contributed by atoms with Crippen LogP contribution in [0, 0.1) is 20.8 Å². The number of nitrogens with two attached hydrogens (primary N) is 1. The number of piperazine rings is 1. The van der Waals surface area contributed by atoms with E-state index in [2.05, 4.69) is 43.1 Å². The lowest BCUT2D eigenvalue weighted by molar-refractivity contribution is -0.139. The molecule has 0 aromatic heterocycles. The summed E-state index contributed by atoms with van der Waals surface area (Å²) in [5.41, 5.74) is 9.87. The summed E-state index contributed by atoms with van der Waals surface area (Å²) in [5, 5.41) is 3.20. The minimum atomic E-state index is -4.48. The van der Waals surface area contributed by atoms with Gasteiger partial charge in [-0.05, 0) is 75.8 Å². The van der Waals surface area contributed by atoms with E-state index >= 15 is 0 Å². The number of aryl methyl sites for hydroxylation is 3.